The van der Waals surface area contributed by atoms with Crippen molar-refractivity contribution in [1.29, 1.82) is 0 Å². The lowest BCUT2D eigenvalue weighted by Gasteiger charge is -2.20. The molecule has 1 heterocycles. The van der Waals surface area contributed by atoms with Gasteiger partial charge in [-0.1, -0.05) is 6.07 Å². The van der Waals surface area contributed by atoms with Crippen molar-refractivity contribution in [2.24, 2.45) is 5.73 Å². The molecule has 0 bridgehead atoms. The fourth-order valence-corrected chi connectivity index (χ4v) is 1.25. The van der Waals surface area contributed by atoms with Crippen molar-refractivity contribution in [1.82, 2.24) is 9.88 Å². The third-order valence-electron chi connectivity index (χ3n) is 1.79. The molecule has 6 heteroatoms. The lowest BCUT2D eigenvalue weighted by atomic mass is 10.1. The Bertz CT molecular complexity index is 293. The number of pyridine rings is 1. The van der Waals surface area contributed by atoms with Gasteiger partial charge < -0.3 is 5.73 Å². The minimum atomic E-state index is -0.395. The van der Waals surface area contributed by atoms with Gasteiger partial charge in [0, 0.05) is 12.4 Å². The highest BCUT2D eigenvalue weighted by atomic mass is 35.5. The Balaban J connectivity index is 0. The zero-order valence-electron chi connectivity index (χ0n) is 8.58. The van der Waals surface area contributed by atoms with Gasteiger partial charge >= 0.3 is 0 Å². The average molecular weight is 252 g/mol. The van der Waals surface area contributed by atoms with Crippen LogP contribution in [-0.4, -0.2) is 29.9 Å². The molecule has 2 N–H and O–H groups in total. The van der Waals surface area contributed by atoms with E-state index in [2.05, 4.69) is 4.98 Å². The summed E-state index contributed by atoms with van der Waals surface area (Å²) in [5, 5.41) is 0. The fourth-order valence-electron chi connectivity index (χ4n) is 1.25. The van der Waals surface area contributed by atoms with E-state index in [9.17, 15) is 4.79 Å². The van der Waals surface area contributed by atoms with Crippen LogP contribution >= 0.6 is 24.8 Å². The number of aromatic nitrogens is 1. The van der Waals surface area contributed by atoms with Crippen molar-refractivity contribution in [3.8, 4) is 0 Å². The standard InChI is InChI=1S/C9H13N3O.2ClH/c1-12(2)8(9(10)13)7-4-3-5-11-6-7;;/h3-6,8H,1-2H3,(H2,10,13);2*1H. The van der Waals surface area contributed by atoms with Gasteiger partial charge in [-0.2, -0.15) is 0 Å². The normalized spacial score (nSPS) is 11.1. The summed E-state index contributed by atoms with van der Waals surface area (Å²) in [5.74, 6) is -0.363. The maximum Gasteiger partial charge on any atom is 0.239 e. The van der Waals surface area contributed by atoms with Crippen molar-refractivity contribution in [2.75, 3.05) is 14.1 Å². The maximum atomic E-state index is 11.1. The van der Waals surface area contributed by atoms with Crippen LogP contribution < -0.4 is 5.73 Å². The highest BCUT2D eigenvalue weighted by Gasteiger charge is 2.19. The molecule has 0 radical (unpaired) electrons. The van der Waals surface area contributed by atoms with E-state index in [4.69, 9.17) is 5.73 Å². The Labute approximate surface area is 102 Å². The van der Waals surface area contributed by atoms with Crippen LogP contribution in [0, 0.1) is 0 Å². The molecule has 1 aromatic rings. The Morgan fingerprint density at radius 1 is 1.47 bits per heavy atom. The van der Waals surface area contributed by atoms with E-state index in [1.165, 1.54) is 0 Å². The van der Waals surface area contributed by atoms with Crippen LogP contribution in [0.25, 0.3) is 0 Å². The second kappa shape index (κ2) is 7.45. The molecule has 0 aliphatic carbocycles. The molecule has 1 rings (SSSR count). The van der Waals surface area contributed by atoms with Crippen LogP contribution in [0.4, 0.5) is 0 Å². The number of hydrogen-bond acceptors (Lipinski definition) is 3. The predicted octanol–water partition coefficient (Wildman–Crippen LogP) is 1.01. The molecule has 4 nitrogen and oxygen atoms in total. The lowest BCUT2D eigenvalue weighted by molar-refractivity contribution is -0.122. The summed E-state index contributed by atoms with van der Waals surface area (Å²) in [4.78, 5) is 16.8. The summed E-state index contributed by atoms with van der Waals surface area (Å²) in [6.07, 6.45) is 3.31. The number of halogens is 2. The van der Waals surface area contributed by atoms with Crippen molar-refractivity contribution < 1.29 is 4.79 Å². The topological polar surface area (TPSA) is 59.2 Å². The van der Waals surface area contributed by atoms with E-state index in [0.29, 0.717) is 0 Å². The number of nitrogens with two attached hydrogens (primary N) is 1. The molecule has 1 unspecified atom stereocenters. The van der Waals surface area contributed by atoms with Crippen LogP contribution in [0.15, 0.2) is 24.5 Å². The van der Waals surface area contributed by atoms with E-state index < -0.39 is 6.04 Å². The van der Waals surface area contributed by atoms with Crippen molar-refractivity contribution in [3.05, 3.63) is 30.1 Å². The maximum absolute atomic E-state index is 11.1. The molecule has 86 valence electrons. The van der Waals surface area contributed by atoms with Gasteiger partial charge in [-0.15, -0.1) is 24.8 Å². The number of carbonyl (C=O) groups excluding carboxylic acids is 1. The zero-order chi connectivity index (χ0) is 9.84. The lowest BCUT2D eigenvalue weighted by Crippen LogP contribution is -2.32. The molecule has 0 aromatic carbocycles. The van der Waals surface area contributed by atoms with Crippen molar-refractivity contribution in [2.45, 2.75) is 6.04 Å². The smallest absolute Gasteiger partial charge is 0.239 e. The summed E-state index contributed by atoms with van der Waals surface area (Å²) in [6.45, 7) is 0. The van der Waals surface area contributed by atoms with Crippen LogP contribution in [0.2, 0.25) is 0 Å². The first-order valence-corrected chi connectivity index (χ1v) is 3.98. The Morgan fingerprint density at radius 2 is 2.07 bits per heavy atom. The number of primary amides is 1. The van der Waals surface area contributed by atoms with Gasteiger partial charge in [-0.05, 0) is 25.7 Å². The predicted molar refractivity (Wildman–Crippen MR) is 64.4 cm³/mol. The molecule has 0 saturated carbocycles. The van der Waals surface area contributed by atoms with Crippen molar-refractivity contribution in [3.63, 3.8) is 0 Å². The first-order valence-electron chi connectivity index (χ1n) is 3.98. The van der Waals surface area contributed by atoms with Gasteiger partial charge in [0.2, 0.25) is 5.91 Å². The minimum absolute atomic E-state index is 0. The summed E-state index contributed by atoms with van der Waals surface area (Å²) in [6, 6.07) is 3.23. The number of likely N-dealkylation sites (N-methyl/N-ethyl adjacent to an activating group) is 1. The van der Waals surface area contributed by atoms with Crippen LogP contribution in [-0.2, 0) is 4.79 Å². The summed E-state index contributed by atoms with van der Waals surface area (Å²) in [5.41, 5.74) is 6.08. The summed E-state index contributed by atoms with van der Waals surface area (Å²) < 4.78 is 0. The number of amides is 1. The highest BCUT2D eigenvalue weighted by Crippen LogP contribution is 2.15. The molecule has 15 heavy (non-hydrogen) atoms. The van der Waals surface area contributed by atoms with E-state index >= 15 is 0 Å². The van der Waals surface area contributed by atoms with Gasteiger partial charge in [0.1, 0.15) is 6.04 Å². The Hall–Kier alpha value is -0.840. The summed E-state index contributed by atoms with van der Waals surface area (Å²) in [7, 11) is 3.62. The Morgan fingerprint density at radius 3 is 2.40 bits per heavy atom. The van der Waals surface area contributed by atoms with E-state index in [1.807, 2.05) is 20.2 Å². The first kappa shape index (κ1) is 16.6. The molecule has 0 aliphatic rings. The second-order valence-corrected chi connectivity index (χ2v) is 3.05. The fraction of sp³-hybridized carbons (Fsp3) is 0.333. The van der Waals surface area contributed by atoms with E-state index in [0.717, 1.165) is 5.56 Å². The number of rotatable bonds is 3. The molecule has 0 aliphatic heterocycles. The quantitative estimate of drug-likeness (QED) is 0.873. The molecule has 0 fully saturated rings. The average Bonchev–Trinajstić information content (AvgIpc) is 2.04. The van der Waals surface area contributed by atoms with E-state index in [1.54, 1.807) is 23.4 Å². The largest absolute Gasteiger partial charge is 0.368 e. The molecular formula is C9H15Cl2N3O. The molecule has 0 saturated heterocycles. The third-order valence-corrected chi connectivity index (χ3v) is 1.79. The molecular weight excluding hydrogens is 237 g/mol. The monoisotopic (exact) mass is 251 g/mol. The van der Waals surface area contributed by atoms with Gasteiger partial charge in [0.25, 0.3) is 0 Å². The van der Waals surface area contributed by atoms with Gasteiger partial charge in [-0.3, -0.25) is 14.7 Å². The van der Waals surface area contributed by atoms with Crippen molar-refractivity contribution >= 4 is 30.7 Å². The Kier molecular flexibility index (Phi) is 8.24. The van der Waals surface area contributed by atoms with Gasteiger partial charge in [0.15, 0.2) is 0 Å². The first-order chi connectivity index (χ1) is 6.13. The third kappa shape index (κ3) is 4.46. The summed E-state index contributed by atoms with van der Waals surface area (Å²) >= 11 is 0. The molecule has 0 spiro atoms. The highest BCUT2D eigenvalue weighted by molar-refractivity contribution is 5.85. The molecule has 1 amide bonds. The van der Waals surface area contributed by atoms with Crippen LogP contribution in [0.1, 0.15) is 11.6 Å². The van der Waals surface area contributed by atoms with Gasteiger partial charge in [-0.25, -0.2) is 0 Å². The molecule has 1 atom stereocenters. The van der Waals surface area contributed by atoms with Gasteiger partial charge in [0.05, 0.1) is 0 Å². The number of nitrogens with zero attached hydrogens (tertiary/aromatic N) is 2. The van der Waals surface area contributed by atoms with Crippen LogP contribution in [0.5, 0.6) is 0 Å². The van der Waals surface area contributed by atoms with Crippen LogP contribution in [0.3, 0.4) is 0 Å². The van der Waals surface area contributed by atoms with E-state index in [-0.39, 0.29) is 30.7 Å². The number of hydrogen-bond donors (Lipinski definition) is 1. The SMILES string of the molecule is CN(C)C(C(N)=O)c1cccnc1.Cl.Cl. The second-order valence-electron chi connectivity index (χ2n) is 3.05. The minimum Gasteiger partial charge on any atom is -0.368 e. The number of carbonyl (C=O) groups is 1. The zero-order valence-corrected chi connectivity index (χ0v) is 10.2. The molecule has 1 aromatic heterocycles.